The largest absolute Gasteiger partial charge is 0.481 e. The Morgan fingerprint density at radius 2 is 1.51 bits per heavy atom. The molecule has 3 aromatic carbocycles. The maximum Gasteiger partial charge on any atom is 0.322 e. The van der Waals surface area contributed by atoms with Gasteiger partial charge in [0.05, 0.1) is 6.26 Å². The van der Waals surface area contributed by atoms with Crippen molar-refractivity contribution in [3.8, 4) is 11.5 Å². The van der Waals surface area contributed by atoms with E-state index in [4.69, 9.17) is 9.84 Å². The second-order valence-corrected chi connectivity index (χ2v) is 12.0. The Hall–Kier alpha value is -3.87. The van der Waals surface area contributed by atoms with Crippen molar-refractivity contribution in [1.82, 2.24) is 9.80 Å². The average molecular weight is 635 g/mol. The number of amides is 2. The summed E-state index contributed by atoms with van der Waals surface area (Å²) < 4.78 is 44.3. The molecule has 1 heterocycles. The first-order chi connectivity index (χ1) is 20.0. The van der Waals surface area contributed by atoms with Crippen LogP contribution in [0.4, 0.5) is 20.6 Å². The van der Waals surface area contributed by atoms with E-state index in [1.807, 2.05) is 24.3 Å². The number of hydrogen-bond acceptors (Lipinski definition) is 6. The summed E-state index contributed by atoms with van der Waals surface area (Å²) in [4.78, 5) is 28.2. The van der Waals surface area contributed by atoms with Gasteiger partial charge < -0.3 is 20.1 Å². The summed E-state index contributed by atoms with van der Waals surface area (Å²) in [5.74, 6) is -0.0532. The molecule has 0 saturated carbocycles. The van der Waals surface area contributed by atoms with E-state index >= 15 is 0 Å². The minimum absolute atomic E-state index is 0. The zero-order chi connectivity index (χ0) is 30.1. The van der Waals surface area contributed by atoms with Gasteiger partial charge in [-0.2, -0.15) is 0 Å². The molecule has 1 saturated heterocycles. The molecule has 0 unspecified atom stereocenters. The number of carbonyl (C=O) groups excluding carboxylic acids is 1. The normalized spacial score (nSPS) is 13.9. The fourth-order valence-corrected chi connectivity index (χ4v) is 5.39. The quantitative estimate of drug-likeness (QED) is 0.231. The highest BCUT2D eigenvalue weighted by Gasteiger charge is 2.28. The molecule has 0 atom stereocenters. The van der Waals surface area contributed by atoms with Crippen LogP contribution in [0.1, 0.15) is 31.2 Å². The summed E-state index contributed by atoms with van der Waals surface area (Å²) in [5, 5.41) is 11.9. The number of carboxylic acid groups (broad SMARTS) is 1. The molecule has 3 N–H and O–H groups in total. The number of piperidine rings is 1. The van der Waals surface area contributed by atoms with Crippen LogP contribution in [0, 0.1) is 5.82 Å². The van der Waals surface area contributed by atoms with Gasteiger partial charge in [0.15, 0.2) is 0 Å². The highest BCUT2D eigenvalue weighted by atomic mass is 35.5. The van der Waals surface area contributed by atoms with Gasteiger partial charge in [-0.25, -0.2) is 17.6 Å². The molecular weight excluding hydrogens is 599 g/mol. The van der Waals surface area contributed by atoms with Gasteiger partial charge in [-0.3, -0.25) is 14.4 Å². The molecule has 1 aliphatic rings. The van der Waals surface area contributed by atoms with Crippen molar-refractivity contribution in [2.24, 2.45) is 0 Å². The third-order valence-corrected chi connectivity index (χ3v) is 7.47. The average Bonchev–Trinajstić information content (AvgIpc) is 2.94. The van der Waals surface area contributed by atoms with Gasteiger partial charge in [-0.1, -0.05) is 12.1 Å². The van der Waals surface area contributed by atoms with Crippen LogP contribution in [-0.4, -0.2) is 67.3 Å². The van der Waals surface area contributed by atoms with Crippen molar-refractivity contribution < 1.29 is 32.2 Å². The molecule has 0 bridgehead atoms. The molecule has 0 spiro atoms. The van der Waals surface area contributed by atoms with Crippen molar-refractivity contribution in [2.45, 2.75) is 38.3 Å². The van der Waals surface area contributed by atoms with Crippen LogP contribution in [0.3, 0.4) is 0 Å². The van der Waals surface area contributed by atoms with E-state index in [-0.39, 0.29) is 30.9 Å². The Morgan fingerprint density at radius 1 is 0.953 bits per heavy atom. The fraction of sp³-hybridized carbons (Fsp3) is 0.333. The second-order valence-electron chi connectivity index (χ2n) is 10.3. The first-order valence-electron chi connectivity index (χ1n) is 13.7. The number of rotatable bonds is 12. The highest BCUT2D eigenvalue weighted by Crippen LogP contribution is 2.25. The Kier molecular flexibility index (Phi) is 12.2. The minimum atomic E-state index is -3.34. The second kappa shape index (κ2) is 15.6. The molecule has 1 aliphatic heterocycles. The number of anilines is 2. The van der Waals surface area contributed by atoms with Gasteiger partial charge in [0.25, 0.3) is 0 Å². The monoisotopic (exact) mass is 634 g/mol. The van der Waals surface area contributed by atoms with Crippen LogP contribution in [0.15, 0.2) is 72.8 Å². The number of sulfonamides is 1. The van der Waals surface area contributed by atoms with Gasteiger partial charge in [-0.15, -0.1) is 12.4 Å². The van der Waals surface area contributed by atoms with E-state index in [2.05, 4.69) is 14.9 Å². The first-order valence-corrected chi connectivity index (χ1v) is 15.6. The lowest BCUT2D eigenvalue weighted by molar-refractivity contribution is -0.137. The van der Waals surface area contributed by atoms with E-state index in [9.17, 15) is 22.4 Å². The number of carboxylic acids is 1. The summed E-state index contributed by atoms with van der Waals surface area (Å²) in [6, 6.07) is 19.6. The van der Waals surface area contributed by atoms with E-state index in [1.165, 1.54) is 24.3 Å². The van der Waals surface area contributed by atoms with E-state index in [0.717, 1.165) is 44.3 Å². The Morgan fingerprint density at radius 3 is 2.07 bits per heavy atom. The van der Waals surface area contributed by atoms with E-state index < -0.39 is 21.8 Å². The molecule has 0 radical (unpaired) electrons. The zero-order valence-corrected chi connectivity index (χ0v) is 25.4. The van der Waals surface area contributed by atoms with Gasteiger partial charge in [0.1, 0.15) is 17.3 Å². The summed E-state index contributed by atoms with van der Waals surface area (Å²) in [6.45, 7) is 2.61. The smallest absolute Gasteiger partial charge is 0.322 e. The Bertz CT molecular complexity index is 1450. The third-order valence-electron chi connectivity index (χ3n) is 6.87. The van der Waals surface area contributed by atoms with Crippen LogP contribution in [-0.2, 0) is 21.4 Å². The summed E-state index contributed by atoms with van der Waals surface area (Å²) in [6.07, 6.45) is 2.91. The summed E-state index contributed by atoms with van der Waals surface area (Å²) in [5.41, 5.74) is 2.05. The predicted molar refractivity (Wildman–Crippen MR) is 166 cm³/mol. The van der Waals surface area contributed by atoms with Crippen molar-refractivity contribution >= 4 is 45.8 Å². The van der Waals surface area contributed by atoms with Crippen molar-refractivity contribution in [3.05, 3.63) is 84.2 Å². The number of likely N-dealkylation sites (tertiary alicyclic amines) is 1. The number of benzene rings is 3. The number of nitrogens with zero attached hydrogens (tertiary/aromatic N) is 2. The Balaban J connectivity index is 0.00000506. The molecule has 43 heavy (non-hydrogen) atoms. The van der Waals surface area contributed by atoms with Crippen molar-refractivity contribution in [2.75, 3.05) is 35.9 Å². The van der Waals surface area contributed by atoms with Gasteiger partial charge in [-0.05, 0) is 85.5 Å². The molecule has 13 heteroatoms. The van der Waals surface area contributed by atoms with Crippen LogP contribution in [0.25, 0.3) is 0 Å². The fourth-order valence-electron chi connectivity index (χ4n) is 4.83. The standard InChI is InChI=1S/C30H35FN4O6S.ClH/c1-42(39,40)33-25-10-14-28(15-11-25)41-27-12-4-22(5-13-27)21-34-19-16-26(17-20-34)35(18-2-3-29(36)37)30(38)32-24-8-6-23(31)7-9-24;/h4-15,26,33H,2-3,16-21H2,1H3,(H,32,38)(H,36,37);1H. The highest BCUT2D eigenvalue weighted by molar-refractivity contribution is 7.92. The van der Waals surface area contributed by atoms with Crippen LogP contribution >= 0.6 is 12.4 Å². The van der Waals surface area contributed by atoms with Gasteiger partial charge in [0.2, 0.25) is 10.0 Å². The molecule has 0 aromatic heterocycles. The number of hydrogen-bond donors (Lipinski definition) is 3. The molecule has 232 valence electrons. The van der Waals surface area contributed by atoms with Crippen LogP contribution in [0.5, 0.6) is 11.5 Å². The Labute approximate surface area is 257 Å². The molecule has 4 rings (SSSR count). The minimum Gasteiger partial charge on any atom is -0.481 e. The number of carbonyl (C=O) groups is 2. The lowest BCUT2D eigenvalue weighted by Gasteiger charge is -2.38. The summed E-state index contributed by atoms with van der Waals surface area (Å²) >= 11 is 0. The number of nitrogens with one attached hydrogen (secondary N) is 2. The SMILES string of the molecule is CS(=O)(=O)Nc1ccc(Oc2ccc(CN3CCC(N(CCCC(=O)O)C(=O)Nc4ccc(F)cc4)CC3)cc2)cc1.Cl. The zero-order valence-electron chi connectivity index (χ0n) is 23.7. The number of halogens is 2. The predicted octanol–water partition coefficient (Wildman–Crippen LogP) is 5.77. The molecular formula is C30H36ClFN4O6S. The number of ether oxygens (including phenoxy) is 1. The maximum atomic E-state index is 13.3. The van der Waals surface area contributed by atoms with E-state index in [1.54, 1.807) is 29.2 Å². The molecule has 10 nitrogen and oxygen atoms in total. The maximum absolute atomic E-state index is 13.3. The van der Waals surface area contributed by atoms with Crippen molar-refractivity contribution in [1.29, 1.82) is 0 Å². The van der Waals surface area contributed by atoms with Gasteiger partial charge >= 0.3 is 12.0 Å². The summed E-state index contributed by atoms with van der Waals surface area (Å²) in [7, 11) is -3.34. The van der Waals surface area contributed by atoms with Crippen LogP contribution in [0.2, 0.25) is 0 Å². The molecule has 2 amide bonds. The van der Waals surface area contributed by atoms with E-state index in [0.29, 0.717) is 35.8 Å². The molecule has 3 aromatic rings. The molecule has 0 aliphatic carbocycles. The topological polar surface area (TPSA) is 128 Å². The molecule has 1 fully saturated rings. The number of urea groups is 1. The van der Waals surface area contributed by atoms with Crippen molar-refractivity contribution in [3.63, 3.8) is 0 Å². The first kappa shape index (κ1) is 33.6. The lowest BCUT2D eigenvalue weighted by atomic mass is 10.0. The van der Waals surface area contributed by atoms with Gasteiger partial charge in [0, 0.05) is 50.0 Å². The number of aliphatic carboxylic acids is 1. The third kappa shape index (κ3) is 11.0. The lowest BCUT2D eigenvalue weighted by Crippen LogP contribution is -2.49. The van der Waals surface area contributed by atoms with Crippen LogP contribution < -0.4 is 14.8 Å².